The van der Waals surface area contributed by atoms with Crippen LogP contribution in [0, 0.1) is 11.5 Å². The second-order valence-corrected chi connectivity index (χ2v) is 21.8. The van der Waals surface area contributed by atoms with Gasteiger partial charge >= 0.3 is 0 Å². The van der Waals surface area contributed by atoms with Gasteiger partial charge in [-0.2, -0.15) is 0 Å². The summed E-state index contributed by atoms with van der Waals surface area (Å²) >= 11 is 0. The van der Waals surface area contributed by atoms with Gasteiger partial charge in [-0.25, -0.2) is 9.97 Å². The Hall–Kier alpha value is -5.65. The molecule has 0 unspecified atom stereocenters. The molecule has 0 spiro atoms. The fourth-order valence-corrected chi connectivity index (χ4v) is 8.17. The summed E-state index contributed by atoms with van der Waals surface area (Å²) in [5, 5.41) is 0. The Bertz CT molecular complexity index is 2490. The predicted octanol–water partition coefficient (Wildman–Crippen LogP) is 14.1. The van der Waals surface area contributed by atoms with Gasteiger partial charge in [0.1, 0.15) is 19.6 Å². The van der Waals surface area contributed by atoms with Crippen molar-refractivity contribution in [2.75, 3.05) is 13.2 Å². The Morgan fingerprint density at radius 2 is 1.18 bits per heavy atom. The van der Waals surface area contributed by atoms with Crippen molar-refractivity contribution in [1.29, 1.82) is 0 Å². The first kappa shape index (κ1) is 42.5. The maximum atomic E-state index is 6.51. The van der Waals surface area contributed by atoms with E-state index in [9.17, 15) is 0 Å². The van der Waals surface area contributed by atoms with E-state index in [2.05, 4.69) is 139 Å². The number of nitrogens with one attached hydrogen (secondary N) is 2. The van der Waals surface area contributed by atoms with E-state index in [1.807, 2.05) is 12.3 Å². The van der Waals surface area contributed by atoms with Crippen molar-refractivity contribution in [3.8, 4) is 45.2 Å². The Labute approximate surface area is 357 Å². The zero-order valence-corrected chi connectivity index (χ0v) is 37.3. The van der Waals surface area contributed by atoms with Crippen molar-refractivity contribution in [2.45, 2.75) is 111 Å². The number of ether oxygens (including phenoxy) is 2. The van der Waals surface area contributed by atoms with E-state index in [1.165, 1.54) is 64.2 Å². The molecule has 60 heavy (non-hydrogen) atoms. The number of unbranched alkanes of at least 4 members (excludes halogenated alkanes) is 10. The number of hydrogen-bond acceptors (Lipinski definition) is 5. The molecule has 7 nitrogen and oxygen atoms in total. The van der Waals surface area contributed by atoms with Gasteiger partial charge in [0.25, 0.3) is 0 Å². The van der Waals surface area contributed by atoms with Crippen LogP contribution in [0.5, 0.6) is 11.5 Å². The molecule has 8 bridgehead atoms. The number of benzene rings is 1. The summed E-state index contributed by atoms with van der Waals surface area (Å²) in [6.07, 6.45) is 26.6. The smallest absolute Gasteiger partial charge is 0.129 e. The van der Waals surface area contributed by atoms with Crippen LogP contribution in [0.4, 0.5) is 0 Å². The summed E-state index contributed by atoms with van der Waals surface area (Å²) < 4.78 is 13.0. The SMILES string of the molecule is CCCCCCCCOc1cc(OCCCCCCCC)cc(-c2c3nc(cc4ccc([nH]4)c(-c4cccnc4)c4nc(c(C#C[Si](C)(C)C)c5ccc2[nH]5)C=C4)C=C3)c1. The molecule has 0 radical (unpaired) electrons. The van der Waals surface area contributed by atoms with Gasteiger partial charge < -0.3 is 19.4 Å². The zero-order chi connectivity index (χ0) is 41.7. The zero-order valence-electron chi connectivity index (χ0n) is 36.3. The van der Waals surface area contributed by atoms with Gasteiger partial charge in [-0.15, -0.1) is 5.54 Å². The third-order valence-corrected chi connectivity index (χ3v) is 11.7. The summed E-state index contributed by atoms with van der Waals surface area (Å²) in [4.78, 5) is 22.5. The highest BCUT2D eigenvalue weighted by Crippen LogP contribution is 2.37. The standard InChI is InChI=1S/C52H61N5O2Si/c1-6-8-10-12-14-16-30-58-42-33-39(34-43(36-42)59-31-17-15-13-11-9-7-2)52-48-23-21-41(55-48)35-40-20-22-47(54-40)51(38-19-18-29-53-37-38)49-26-24-45(56-49)44(28-32-60(3,4)5)46-25-27-50(52)57-46/h18-27,29,33-37,54,57H,6-17,30-31H2,1-5H3. The second kappa shape index (κ2) is 20.5. The molecule has 6 heterocycles. The van der Waals surface area contributed by atoms with E-state index in [0.29, 0.717) is 13.2 Å². The summed E-state index contributed by atoms with van der Waals surface area (Å²) in [5.41, 5.74) is 15.5. The molecule has 8 heteroatoms. The summed E-state index contributed by atoms with van der Waals surface area (Å²) in [7, 11) is -1.76. The number of hydrogen-bond donors (Lipinski definition) is 2. The molecule has 0 saturated heterocycles. The molecule has 2 aliphatic heterocycles. The average Bonchev–Trinajstić information content (AvgIpc) is 4.08. The van der Waals surface area contributed by atoms with Crippen LogP contribution in [-0.2, 0) is 0 Å². The second-order valence-electron chi connectivity index (χ2n) is 17.0. The first-order valence-electron chi connectivity index (χ1n) is 22.3. The number of pyridine rings is 1. The highest BCUT2D eigenvalue weighted by atomic mass is 28.3. The van der Waals surface area contributed by atoms with Crippen molar-refractivity contribution in [2.24, 2.45) is 0 Å². The number of H-pyrrole nitrogens is 2. The molecule has 0 fully saturated rings. The minimum Gasteiger partial charge on any atom is -0.493 e. The van der Waals surface area contributed by atoms with Gasteiger partial charge in [0.2, 0.25) is 0 Å². The van der Waals surface area contributed by atoms with Gasteiger partial charge in [-0.05, 0) is 91.2 Å². The molecule has 7 rings (SSSR count). The van der Waals surface area contributed by atoms with Crippen LogP contribution in [0.1, 0.15) is 119 Å². The van der Waals surface area contributed by atoms with Crippen LogP contribution in [0.25, 0.3) is 68.6 Å². The van der Waals surface area contributed by atoms with E-state index in [1.54, 1.807) is 6.20 Å². The van der Waals surface area contributed by atoms with Crippen molar-refractivity contribution in [3.05, 3.63) is 101 Å². The molecule has 0 aliphatic carbocycles. The predicted molar refractivity (Wildman–Crippen MR) is 255 cm³/mol. The largest absolute Gasteiger partial charge is 0.493 e. The van der Waals surface area contributed by atoms with Gasteiger partial charge in [0.05, 0.1) is 47.1 Å². The maximum Gasteiger partial charge on any atom is 0.129 e. The Balaban J connectivity index is 1.39. The van der Waals surface area contributed by atoms with Crippen LogP contribution in [0.3, 0.4) is 0 Å². The van der Waals surface area contributed by atoms with E-state index in [-0.39, 0.29) is 0 Å². The number of fused-ring (bicyclic) bond motifs is 8. The third kappa shape index (κ3) is 11.3. The Morgan fingerprint density at radius 1 is 0.583 bits per heavy atom. The fourth-order valence-electron chi connectivity index (χ4n) is 7.67. The first-order valence-corrected chi connectivity index (χ1v) is 25.8. The molecule has 0 amide bonds. The van der Waals surface area contributed by atoms with Gasteiger partial charge in [0, 0.05) is 51.7 Å². The topological polar surface area (TPSA) is 88.7 Å². The number of aromatic amines is 2. The van der Waals surface area contributed by atoms with Crippen molar-refractivity contribution in [1.82, 2.24) is 24.9 Å². The molecule has 1 aromatic carbocycles. The quantitative estimate of drug-likeness (QED) is 0.0512. The highest BCUT2D eigenvalue weighted by Gasteiger charge is 2.18. The van der Waals surface area contributed by atoms with Gasteiger partial charge in [0.15, 0.2) is 0 Å². The van der Waals surface area contributed by atoms with Crippen molar-refractivity contribution in [3.63, 3.8) is 0 Å². The summed E-state index contributed by atoms with van der Waals surface area (Å²) in [5.74, 6) is 5.23. The molecule has 2 N–H and O–H groups in total. The highest BCUT2D eigenvalue weighted by molar-refractivity contribution is 6.83. The fraction of sp³-hybridized carbons (Fsp3) is 0.365. The van der Waals surface area contributed by atoms with E-state index in [4.69, 9.17) is 19.4 Å². The lowest BCUT2D eigenvalue weighted by atomic mass is 10.0. The molecule has 4 aromatic heterocycles. The summed E-state index contributed by atoms with van der Waals surface area (Å²) in [6.45, 7) is 12.7. The minimum absolute atomic E-state index is 0.670. The van der Waals surface area contributed by atoms with Crippen LogP contribution in [0.2, 0.25) is 19.6 Å². The lowest BCUT2D eigenvalue weighted by Crippen LogP contribution is -2.16. The van der Waals surface area contributed by atoms with Crippen molar-refractivity contribution < 1.29 is 9.47 Å². The van der Waals surface area contributed by atoms with E-state index in [0.717, 1.165) is 97.0 Å². The maximum absolute atomic E-state index is 6.51. The molecule has 0 atom stereocenters. The van der Waals surface area contributed by atoms with Gasteiger partial charge in [-0.3, -0.25) is 4.98 Å². The molecule has 0 saturated carbocycles. The number of rotatable bonds is 18. The van der Waals surface area contributed by atoms with Gasteiger partial charge in [-0.1, -0.05) is 110 Å². The monoisotopic (exact) mass is 815 g/mol. The van der Waals surface area contributed by atoms with Crippen LogP contribution in [0.15, 0.2) is 73.1 Å². The van der Waals surface area contributed by atoms with Crippen LogP contribution < -0.4 is 9.47 Å². The molecular weight excluding hydrogens is 755 g/mol. The lowest BCUT2D eigenvalue weighted by molar-refractivity contribution is 0.290. The minimum atomic E-state index is -1.76. The lowest BCUT2D eigenvalue weighted by Gasteiger charge is -2.14. The number of aromatic nitrogens is 5. The normalized spacial score (nSPS) is 12.1. The molecular formula is C52H61N5O2Si. The Kier molecular flexibility index (Phi) is 14.5. The molecule has 5 aromatic rings. The van der Waals surface area contributed by atoms with Crippen LogP contribution in [-0.4, -0.2) is 46.2 Å². The average molecular weight is 816 g/mol. The molecule has 310 valence electrons. The molecule has 2 aliphatic rings. The van der Waals surface area contributed by atoms with E-state index < -0.39 is 8.07 Å². The Morgan fingerprint density at radius 3 is 1.87 bits per heavy atom. The third-order valence-electron chi connectivity index (χ3n) is 10.8. The number of nitrogens with zero attached hydrogens (tertiary/aromatic N) is 3. The summed E-state index contributed by atoms with van der Waals surface area (Å²) in [6, 6.07) is 21.0. The first-order chi connectivity index (χ1) is 29.3. The van der Waals surface area contributed by atoms with Crippen LogP contribution >= 0.6 is 0 Å². The van der Waals surface area contributed by atoms with E-state index >= 15 is 0 Å². The van der Waals surface area contributed by atoms with Crippen molar-refractivity contribution >= 4 is 54.4 Å².